The minimum atomic E-state index is -0.506. The summed E-state index contributed by atoms with van der Waals surface area (Å²) < 4.78 is 6.35. The predicted octanol–water partition coefficient (Wildman–Crippen LogP) is 5.38. The number of carbonyl (C=O) groups is 1. The predicted molar refractivity (Wildman–Crippen MR) is 139 cm³/mol. The zero-order valence-electron chi connectivity index (χ0n) is 19.7. The summed E-state index contributed by atoms with van der Waals surface area (Å²) in [6, 6.07) is 17.9. The summed E-state index contributed by atoms with van der Waals surface area (Å²) in [5, 5.41) is 13.6. The summed E-state index contributed by atoms with van der Waals surface area (Å²) in [7, 11) is 0. The largest absolute Gasteiger partial charge is 0.508 e. The van der Waals surface area contributed by atoms with Crippen LogP contribution in [0.15, 0.2) is 76.1 Å². The van der Waals surface area contributed by atoms with Crippen LogP contribution >= 0.6 is 0 Å². The Hall–Kier alpha value is -4.19. The lowest BCUT2D eigenvalue weighted by Gasteiger charge is -2.24. The molecule has 1 atom stereocenters. The molecule has 2 N–H and O–H groups in total. The van der Waals surface area contributed by atoms with E-state index in [0.717, 1.165) is 36.8 Å². The molecule has 1 unspecified atom stereocenters. The Kier molecular flexibility index (Phi) is 5.64. The van der Waals surface area contributed by atoms with Crippen molar-refractivity contribution in [2.45, 2.75) is 44.1 Å². The maximum absolute atomic E-state index is 13.8. The Bertz CT molecular complexity index is 1550. The van der Waals surface area contributed by atoms with Crippen molar-refractivity contribution in [1.82, 2.24) is 10.3 Å². The van der Waals surface area contributed by atoms with Crippen LogP contribution in [0, 0.1) is 0 Å². The SMILES string of the molecule is O=C(NC1CCCCC1)C1=Cc2c(oc3cc(O)ccc3c2=O)C(c2ccccn2)c2ccccc21. The quantitative estimate of drug-likeness (QED) is 0.413. The Morgan fingerprint density at radius 2 is 1.81 bits per heavy atom. The first-order valence-corrected chi connectivity index (χ1v) is 12.4. The third kappa shape index (κ3) is 3.88. The second kappa shape index (κ2) is 9.11. The molecule has 0 bridgehead atoms. The van der Waals surface area contributed by atoms with Gasteiger partial charge < -0.3 is 14.8 Å². The Morgan fingerprint density at radius 1 is 1.00 bits per heavy atom. The molecule has 2 aromatic heterocycles. The van der Waals surface area contributed by atoms with Crippen LogP contribution in [-0.4, -0.2) is 22.0 Å². The highest BCUT2D eigenvalue weighted by Gasteiger charge is 2.33. The molecule has 0 saturated heterocycles. The fraction of sp³-hybridized carbons (Fsp3) is 0.233. The third-order valence-corrected chi connectivity index (χ3v) is 7.22. The topological polar surface area (TPSA) is 92.4 Å². The lowest BCUT2D eigenvalue weighted by molar-refractivity contribution is -0.116. The van der Waals surface area contributed by atoms with Crippen molar-refractivity contribution in [2.24, 2.45) is 0 Å². The van der Waals surface area contributed by atoms with E-state index in [1.165, 1.54) is 18.6 Å². The fourth-order valence-electron chi connectivity index (χ4n) is 5.46. The zero-order valence-corrected chi connectivity index (χ0v) is 19.7. The van der Waals surface area contributed by atoms with Gasteiger partial charge in [-0.3, -0.25) is 14.6 Å². The summed E-state index contributed by atoms with van der Waals surface area (Å²) in [6.45, 7) is 0. The number of pyridine rings is 1. The maximum atomic E-state index is 13.8. The molecule has 0 radical (unpaired) electrons. The van der Waals surface area contributed by atoms with E-state index >= 15 is 0 Å². The number of aromatic hydroxyl groups is 1. The van der Waals surface area contributed by atoms with Crippen LogP contribution in [0.1, 0.15) is 66.2 Å². The summed E-state index contributed by atoms with van der Waals surface area (Å²) in [5.41, 5.74) is 3.11. The van der Waals surface area contributed by atoms with E-state index in [2.05, 4.69) is 10.3 Å². The lowest BCUT2D eigenvalue weighted by atomic mass is 9.87. The van der Waals surface area contributed by atoms with Gasteiger partial charge in [0.25, 0.3) is 5.91 Å². The van der Waals surface area contributed by atoms with Crippen LogP contribution in [0.2, 0.25) is 0 Å². The van der Waals surface area contributed by atoms with E-state index < -0.39 is 5.92 Å². The Morgan fingerprint density at radius 3 is 2.61 bits per heavy atom. The average molecular weight is 479 g/mol. The molecule has 2 aliphatic rings. The number of aromatic nitrogens is 1. The normalized spacial score (nSPS) is 17.6. The maximum Gasteiger partial charge on any atom is 0.252 e. The smallest absolute Gasteiger partial charge is 0.252 e. The van der Waals surface area contributed by atoms with Crippen LogP contribution in [-0.2, 0) is 4.79 Å². The molecule has 1 amide bonds. The number of phenols is 1. The molecule has 6 heteroatoms. The van der Waals surface area contributed by atoms with Crippen LogP contribution < -0.4 is 10.7 Å². The first-order valence-electron chi connectivity index (χ1n) is 12.4. The van der Waals surface area contributed by atoms with Gasteiger partial charge in [-0.25, -0.2) is 0 Å². The summed E-state index contributed by atoms with van der Waals surface area (Å²) in [6.07, 6.45) is 8.71. The van der Waals surface area contributed by atoms with Gasteiger partial charge in [-0.1, -0.05) is 49.6 Å². The van der Waals surface area contributed by atoms with Gasteiger partial charge in [0.2, 0.25) is 0 Å². The number of nitrogens with one attached hydrogen (secondary N) is 1. The van der Waals surface area contributed by atoms with E-state index in [1.807, 2.05) is 42.5 Å². The summed E-state index contributed by atoms with van der Waals surface area (Å²) >= 11 is 0. The second-order valence-corrected chi connectivity index (χ2v) is 9.53. The highest BCUT2D eigenvalue weighted by atomic mass is 16.3. The van der Waals surface area contributed by atoms with Crippen LogP contribution in [0.25, 0.3) is 22.6 Å². The van der Waals surface area contributed by atoms with Crippen molar-refractivity contribution in [3.8, 4) is 5.75 Å². The standard InChI is InChI=1S/C30H26N2O4/c33-19-13-14-22-26(16-19)36-29-24(28(22)34)17-23(30(35)32-18-8-2-1-3-9-18)20-10-4-5-11-21(20)27(29)25-12-6-7-15-31-25/h4-7,10-18,27,33H,1-3,8-9H2,(H,32,35). The average Bonchev–Trinajstić information content (AvgIpc) is 3.04. The molecule has 36 heavy (non-hydrogen) atoms. The highest BCUT2D eigenvalue weighted by Crippen LogP contribution is 2.41. The van der Waals surface area contributed by atoms with Gasteiger partial charge in [-0.05, 0) is 54.3 Å². The van der Waals surface area contributed by atoms with Gasteiger partial charge in [0, 0.05) is 23.9 Å². The highest BCUT2D eigenvalue weighted by molar-refractivity contribution is 6.25. The monoisotopic (exact) mass is 478 g/mol. The van der Waals surface area contributed by atoms with Crippen molar-refractivity contribution in [3.05, 3.63) is 105 Å². The molecule has 2 aromatic carbocycles. The van der Waals surface area contributed by atoms with Crippen molar-refractivity contribution < 1.29 is 14.3 Å². The first-order chi connectivity index (χ1) is 17.6. The number of fused-ring (bicyclic) bond motifs is 3. The fourth-order valence-corrected chi connectivity index (χ4v) is 5.46. The number of nitrogens with zero attached hydrogens (tertiary/aromatic N) is 1. The molecule has 180 valence electrons. The van der Waals surface area contributed by atoms with Gasteiger partial charge in [0.05, 0.1) is 22.6 Å². The van der Waals surface area contributed by atoms with E-state index in [1.54, 1.807) is 18.3 Å². The van der Waals surface area contributed by atoms with Crippen molar-refractivity contribution in [2.75, 3.05) is 0 Å². The molecule has 4 aromatic rings. The number of carbonyl (C=O) groups excluding carboxylic acids is 1. The van der Waals surface area contributed by atoms with Crippen LogP contribution in [0.4, 0.5) is 0 Å². The minimum absolute atomic E-state index is 0.0112. The summed E-state index contributed by atoms with van der Waals surface area (Å²) in [5.74, 6) is -0.276. The molecule has 1 fully saturated rings. The molecule has 2 heterocycles. The van der Waals surface area contributed by atoms with Gasteiger partial charge in [0.15, 0.2) is 5.43 Å². The van der Waals surface area contributed by atoms with E-state index in [4.69, 9.17) is 4.42 Å². The van der Waals surface area contributed by atoms with E-state index in [0.29, 0.717) is 33.6 Å². The number of rotatable bonds is 3. The zero-order chi connectivity index (χ0) is 24.6. The molecule has 0 spiro atoms. The number of hydrogen-bond donors (Lipinski definition) is 2. The van der Waals surface area contributed by atoms with Gasteiger partial charge in [-0.15, -0.1) is 0 Å². The number of amides is 1. The molecule has 0 aliphatic heterocycles. The second-order valence-electron chi connectivity index (χ2n) is 9.53. The van der Waals surface area contributed by atoms with Gasteiger partial charge in [0.1, 0.15) is 17.1 Å². The Balaban J connectivity index is 1.61. The van der Waals surface area contributed by atoms with Crippen molar-refractivity contribution >= 4 is 28.5 Å². The molecule has 1 saturated carbocycles. The molecular weight excluding hydrogens is 452 g/mol. The molecule has 2 aliphatic carbocycles. The lowest BCUT2D eigenvalue weighted by Crippen LogP contribution is -2.36. The molecule has 6 rings (SSSR count). The van der Waals surface area contributed by atoms with Crippen molar-refractivity contribution in [3.63, 3.8) is 0 Å². The first kappa shape index (κ1) is 22.3. The van der Waals surface area contributed by atoms with Crippen molar-refractivity contribution in [1.29, 1.82) is 0 Å². The molecule has 6 nitrogen and oxygen atoms in total. The van der Waals surface area contributed by atoms with Crippen LogP contribution in [0.3, 0.4) is 0 Å². The van der Waals surface area contributed by atoms with Gasteiger partial charge >= 0.3 is 0 Å². The molecular formula is C30H26N2O4. The number of benzene rings is 2. The van der Waals surface area contributed by atoms with Gasteiger partial charge in [-0.2, -0.15) is 0 Å². The van der Waals surface area contributed by atoms with E-state index in [-0.39, 0.29) is 23.1 Å². The minimum Gasteiger partial charge on any atom is -0.508 e. The number of phenolic OH excluding ortho intramolecular Hbond substituents is 1. The summed E-state index contributed by atoms with van der Waals surface area (Å²) in [4.78, 5) is 32.1. The number of hydrogen-bond acceptors (Lipinski definition) is 5. The van der Waals surface area contributed by atoms with E-state index in [9.17, 15) is 14.7 Å². The Labute approximate surface area is 208 Å². The third-order valence-electron chi connectivity index (χ3n) is 7.22. The van der Waals surface area contributed by atoms with Crippen LogP contribution in [0.5, 0.6) is 5.75 Å².